The zero-order chi connectivity index (χ0) is 18.1. The van der Waals surface area contributed by atoms with Crippen LogP contribution < -0.4 is 9.80 Å². The number of nitrogens with zero attached hydrogens (tertiary/aromatic N) is 7. The first-order valence-corrected chi connectivity index (χ1v) is 9.06. The fourth-order valence-corrected chi connectivity index (χ4v) is 3.55. The Morgan fingerprint density at radius 2 is 1.73 bits per heavy atom. The molecule has 0 spiro atoms. The van der Waals surface area contributed by atoms with E-state index in [-0.39, 0.29) is 5.91 Å². The lowest BCUT2D eigenvalue weighted by Crippen LogP contribution is -2.48. The summed E-state index contributed by atoms with van der Waals surface area (Å²) in [5.41, 5.74) is 0. The van der Waals surface area contributed by atoms with Gasteiger partial charge >= 0.3 is 0 Å². The van der Waals surface area contributed by atoms with Gasteiger partial charge in [-0.05, 0) is 25.7 Å². The van der Waals surface area contributed by atoms with Crippen LogP contribution in [0.3, 0.4) is 0 Å². The molecule has 1 saturated carbocycles. The van der Waals surface area contributed by atoms with Crippen molar-refractivity contribution in [3.05, 3.63) is 24.5 Å². The number of hydrogen-bond acceptors (Lipinski definition) is 7. The lowest BCUT2D eigenvalue weighted by molar-refractivity contribution is 0.0700. The molecule has 0 aromatic carbocycles. The van der Waals surface area contributed by atoms with Crippen LogP contribution in [0.15, 0.2) is 18.7 Å². The van der Waals surface area contributed by atoms with Crippen LogP contribution in [-0.2, 0) is 0 Å². The van der Waals surface area contributed by atoms with Crippen molar-refractivity contribution in [1.82, 2.24) is 30.0 Å². The molecular weight excluding hydrogens is 332 g/mol. The van der Waals surface area contributed by atoms with Crippen LogP contribution in [0.2, 0.25) is 0 Å². The maximum atomic E-state index is 12.4. The highest BCUT2D eigenvalue weighted by Gasteiger charge is 2.37. The molecule has 2 aromatic rings. The molecule has 0 atom stereocenters. The van der Waals surface area contributed by atoms with Crippen LogP contribution in [0, 0.1) is 0 Å². The van der Waals surface area contributed by atoms with Crippen LogP contribution in [-0.4, -0.2) is 75.2 Å². The van der Waals surface area contributed by atoms with Crippen molar-refractivity contribution in [2.45, 2.75) is 37.8 Å². The Hall–Kier alpha value is -2.71. The molecule has 2 aromatic heterocycles. The fourth-order valence-electron chi connectivity index (χ4n) is 3.55. The molecule has 1 aliphatic heterocycles. The number of piperidine rings is 1. The summed E-state index contributed by atoms with van der Waals surface area (Å²) in [4.78, 5) is 31.6. The van der Waals surface area contributed by atoms with Gasteiger partial charge in [0.1, 0.15) is 24.3 Å². The number of aromatic nitrogens is 5. The summed E-state index contributed by atoms with van der Waals surface area (Å²) in [5, 5.41) is 6.42. The van der Waals surface area contributed by atoms with Gasteiger partial charge < -0.3 is 14.7 Å². The van der Waals surface area contributed by atoms with E-state index in [2.05, 4.69) is 36.1 Å². The zero-order valence-electron chi connectivity index (χ0n) is 15.2. The van der Waals surface area contributed by atoms with Crippen molar-refractivity contribution in [2.75, 3.05) is 37.0 Å². The first kappa shape index (κ1) is 16.7. The van der Waals surface area contributed by atoms with Gasteiger partial charge in [0.05, 0.1) is 0 Å². The highest BCUT2D eigenvalue weighted by Crippen LogP contribution is 2.36. The van der Waals surface area contributed by atoms with E-state index in [1.165, 1.54) is 19.2 Å². The third kappa shape index (κ3) is 3.33. The number of carbonyl (C=O) groups is 1. The Labute approximate surface area is 152 Å². The molecular formula is C17H24N8O. The Balaban J connectivity index is 1.46. The highest BCUT2D eigenvalue weighted by atomic mass is 16.2. The number of likely N-dealkylation sites (tertiary alicyclic amines) is 1. The molecule has 0 unspecified atom stereocenters. The topological polar surface area (TPSA) is 94.1 Å². The number of nitrogens with one attached hydrogen (secondary N) is 1. The number of H-pyrrole nitrogens is 1. The van der Waals surface area contributed by atoms with Crippen LogP contribution in [0.25, 0.3) is 0 Å². The summed E-state index contributed by atoms with van der Waals surface area (Å²) in [6, 6.07) is 3.01. The zero-order valence-corrected chi connectivity index (χ0v) is 15.2. The van der Waals surface area contributed by atoms with E-state index in [0.717, 1.165) is 37.6 Å². The second-order valence-corrected chi connectivity index (χ2v) is 7.12. The Bertz CT molecular complexity index is 750. The second kappa shape index (κ2) is 6.89. The fraction of sp³-hybridized carbons (Fsp3) is 0.588. The van der Waals surface area contributed by atoms with Crippen LogP contribution in [0.4, 0.5) is 11.6 Å². The molecule has 2 aliphatic rings. The minimum absolute atomic E-state index is 0.0733. The monoisotopic (exact) mass is 356 g/mol. The predicted octanol–water partition coefficient (Wildman–Crippen LogP) is 0.934. The first-order valence-electron chi connectivity index (χ1n) is 9.06. The lowest BCUT2D eigenvalue weighted by Gasteiger charge is -2.39. The molecule has 9 nitrogen and oxygen atoms in total. The number of hydrogen-bond donors (Lipinski definition) is 1. The number of amides is 1. The normalized spacial score (nSPS) is 18.0. The standard InChI is InChI=1S/C17H24N8O/c1-23(2)14-9-15(19-10-18-14)25(12-3-4-12)13-5-7-24(8-6-13)17(26)16-20-11-21-22-16/h9-13H,3-8H2,1-2H3,(H,20,21,22). The summed E-state index contributed by atoms with van der Waals surface area (Å²) in [6.45, 7) is 1.44. The van der Waals surface area contributed by atoms with Gasteiger partial charge in [-0.2, -0.15) is 5.10 Å². The van der Waals surface area contributed by atoms with Crippen LogP contribution in [0.5, 0.6) is 0 Å². The van der Waals surface area contributed by atoms with Crippen molar-refractivity contribution >= 4 is 17.5 Å². The van der Waals surface area contributed by atoms with Gasteiger partial charge in [0.2, 0.25) is 5.82 Å². The summed E-state index contributed by atoms with van der Waals surface area (Å²) in [6.07, 6.45) is 7.28. The summed E-state index contributed by atoms with van der Waals surface area (Å²) in [5.74, 6) is 2.15. The number of anilines is 2. The molecule has 0 radical (unpaired) electrons. The maximum absolute atomic E-state index is 12.4. The largest absolute Gasteiger partial charge is 0.363 e. The van der Waals surface area contributed by atoms with Crippen molar-refractivity contribution in [3.8, 4) is 0 Å². The van der Waals surface area contributed by atoms with Crippen LogP contribution in [0.1, 0.15) is 36.3 Å². The number of carbonyl (C=O) groups excluding carboxylic acids is 1. The van der Waals surface area contributed by atoms with E-state index >= 15 is 0 Å². The van der Waals surface area contributed by atoms with E-state index in [4.69, 9.17) is 0 Å². The van der Waals surface area contributed by atoms with Gasteiger partial charge in [-0.1, -0.05) is 0 Å². The molecule has 138 valence electrons. The van der Waals surface area contributed by atoms with Gasteiger partial charge in [-0.3, -0.25) is 9.89 Å². The van der Waals surface area contributed by atoms with Crippen molar-refractivity contribution in [3.63, 3.8) is 0 Å². The van der Waals surface area contributed by atoms with Gasteiger partial charge in [-0.15, -0.1) is 0 Å². The smallest absolute Gasteiger partial charge is 0.291 e. The average molecular weight is 356 g/mol. The molecule has 2 fully saturated rings. The predicted molar refractivity (Wildman–Crippen MR) is 97.2 cm³/mol. The molecule has 3 heterocycles. The second-order valence-electron chi connectivity index (χ2n) is 7.12. The molecule has 1 aliphatic carbocycles. The van der Waals surface area contributed by atoms with Crippen LogP contribution >= 0.6 is 0 Å². The van der Waals surface area contributed by atoms with Gasteiger partial charge in [0.25, 0.3) is 5.91 Å². The lowest BCUT2D eigenvalue weighted by atomic mass is 10.0. The van der Waals surface area contributed by atoms with E-state index in [1.54, 1.807) is 6.33 Å². The van der Waals surface area contributed by atoms with Gasteiger partial charge in [0.15, 0.2) is 0 Å². The van der Waals surface area contributed by atoms with E-state index in [9.17, 15) is 4.79 Å². The molecule has 4 rings (SSSR count). The molecule has 1 saturated heterocycles. The summed E-state index contributed by atoms with van der Waals surface area (Å²) >= 11 is 0. The maximum Gasteiger partial charge on any atom is 0.291 e. The van der Waals surface area contributed by atoms with Crippen molar-refractivity contribution in [2.24, 2.45) is 0 Å². The SMILES string of the molecule is CN(C)c1cc(N(C2CC2)C2CCN(C(=O)c3ncn[nH]3)CC2)ncn1. The molecule has 0 bridgehead atoms. The Kier molecular flexibility index (Phi) is 4.44. The molecule has 26 heavy (non-hydrogen) atoms. The number of aromatic amines is 1. The minimum Gasteiger partial charge on any atom is -0.363 e. The van der Waals surface area contributed by atoms with Crippen molar-refractivity contribution in [1.29, 1.82) is 0 Å². The van der Waals surface area contributed by atoms with E-state index in [1.807, 2.05) is 23.9 Å². The third-order valence-corrected chi connectivity index (χ3v) is 5.06. The van der Waals surface area contributed by atoms with Gasteiger partial charge in [0, 0.05) is 45.3 Å². The molecule has 1 N–H and O–H groups in total. The van der Waals surface area contributed by atoms with Crippen molar-refractivity contribution < 1.29 is 4.79 Å². The molecule has 9 heteroatoms. The molecule has 1 amide bonds. The summed E-state index contributed by atoms with van der Waals surface area (Å²) in [7, 11) is 3.97. The van der Waals surface area contributed by atoms with E-state index in [0.29, 0.717) is 17.9 Å². The Morgan fingerprint density at radius 3 is 2.35 bits per heavy atom. The highest BCUT2D eigenvalue weighted by molar-refractivity contribution is 5.90. The number of rotatable bonds is 5. The van der Waals surface area contributed by atoms with E-state index < -0.39 is 0 Å². The third-order valence-electron chi connectivity index (χ3n) is 5.06. The average Bonchev–Trinajstić information content (AvgIpc) is 3.33. The summed E-state index contributed by atoms with van der Waals surface area (Å²) < 4.78 is 0. The quantitative estimate of drug-likeness (QED) is 0.852. The minimum atomic E-state index is -0.0733. The Morgan fingerprint density at radius 1 is 1.04 bits per heavy atom. The first-order chi connectivity index (χ1) is 12.6. The van der Waals surface area contributed by atoms with Gasteiger partial charge in [-0.25, -0.2) is 15.0 Å².